The molecular formula is C9H12O. The van der Waals surface area contributed by atoms with E-state index in [0.29, 0.717) is 17.6 Å². The second kappa shape index (κ2) is 1.94. The van der Waals surface area contributed by atoms with Gasteiger partial charge in [0, 0.05) is 12.8 Å². The van der Waals surface area contributed by atoms with Gasteiger partial charge < -0.3 is 0 Å². The molecule has 2 unspecified atom stereocenters. The first-order chi connectivity index (χ1) is 4.75. The number of hydrogen-bond donors (Lipinski definition) is 0. The Morgan fingerprint density at radius 2 is 1.60 bits per heavy atom. The van der Waals surface area contributed by atoms with Crippen molar-refractivity contribution in [3.63, 3.8) is 0 Å². The number of hydrogen-bond acceptors (Lipinski definition) is 1. The Labute approximate surface area is 61.1 Å². The first kappa shape index (κ1) is 6.14. The maximum absolute atomic E-state index is 10.9. The van der Waals surface area contributed by atoms with E-state index in [9.17, 15) is 4.79 Å². The monoisotopic (exact) mass is 136 g/mol. The number of rotatable bonds is 0. The maximum atomic E-state index is 10.9. The predicted octanol–water partition coefficient (Wildman–Crippen LogP) is 1.93. The molecule has 0 radical (unpaired) electrons. The van der Waals surface area contributed by atoms with Gasteiger partial charge in [-0.25, -0.2) is 0 Å². The first-order valence-electron chi connectivity index (χ1n) is 3.94. The minimum Gasteiger partial charge on any atom is -0.300 e. The molecule has 0 aromatic heterocycles. The lowest BCUT2D eigenvalue weighted by Gasteiger charge is -2.02. The molecular weight excluding hydrogens is 124 g/mol. The van der Waals surface area contributed by atoms with Crippen LogP contribution in [-0.2, 0) is 4.79 Å². The molecule has 0 aromatic carbocycles. The van der Waals surface area contributed by atoms with Crippen molar-refractivity contribution in [3.8, 4) is 0 Å². The SMILES string of the molecule is C=C1CC2CC(=O)CC2C1. The summed E-state index contributed by atoms with van der Waals surface area (Å²) in [6.45, 7) is 3.95. The Balaban J connectivity index is 2.12. The van der Waals surface area contributed by atoms with Crippen molar-refractivity contribution in [1.29, 1.82) is 0 Å². The van der Waals surface area contributed by atoms with Crippen LogP contribution in [0, 0.1) is 11.8 Å². The minimum atomic E-state index is 0.475. The topological polar surface area (TPSA) is 17.1 Å². The van der Waals surface area contributed by atoms with E-state index in [1.807, 2.05) is 0 Å². The van der Waals surface area contributed by atoms with Crippen molar-refractivity contribution in [2.75, 3.05) is 0 Å². The largest absolute Gasteiger partial charge is 0.300 e. The number of Topliss-reactive ketones (excluding diaryl/α,β-unsaturated/α-hetero) is 1. The van der Waals surface area contributed by atoms with E-state index >= 15 is 0 Å². The zero-order valence-corrected chi connectivity index (χ0v) is 6.10. The smallest absolute Gasteiger partial charge is 0.133 e. The van der Waals surface area contributed by atoms with Gasteiger partial charge in [-0.2, -0.15) is 0 Å². The van der Waals surface area contributed by atoms with E-state index in [-0.39, 0.29) is 0 Å². The van der Waals surface area contributed by atoms with Crippen molar-refractivity contribution in [2.24, 2.45) is 11.8 Å². The Morgan fingerprint density at radius 3 is 2.10 bits per heavy atom. The highest BCUT2D eigenvalue weighted by Crippen LogP contribution is 2.44. The Kier molecular flexibility index (Phi) is 1.19. The van der Waals surface area contributed by atoms with Gasteiger partial charge in [-0.05, 0) is 24.7 Å². The van der Waals surface area contributed by atoms with E-state index in [1.54, 1.807) is 0 Å². The summed E-state index contributed by atoms with van der Waals surface area (Å²) in [5.74, 6) is 1.84. The summed E-state index contributed by atoms with van der Waals surface area (Å²) >= 11 is 0. The van der Waals surface area contributed by atoms with Gasteiger partial charge in [-0.1, -0.05) is 12.2 Å². The van der Waals surface area contributed by atoms with Crippen molar-refractivity contribution < 1.29 is 4.79 Å². The molecule has 2 aliphatic carbocycles. The molecule has 0 bridgehead atoms. The normalized spacial score (nSPS) is 38.8. The van der Waals surface area contributed by atoms with Crippen molar-refractivity contribution in [1.82, 2.24) is 0 Å². The third kappa shape index (κ3) is 0.808. The lowest BCUT2D eigenvalue weighted by Crippen LogP contribution is -1.95. The Hall–Kier alpha value is -0.590. The molecule has 1 nitrogen and oxygen atoms in total. The lowest BCUT2D eigenvalue weighted by molar-refractivity contribution is -0.117. The maximum Gasteiger partial charge on any atom is 0.133 e. The average molecular weight is 136 g/mol. The molecule has 0 N–H and O–H groups in total. The molecule has 0 aliphatic heterocycles. The van der Waals surface area contributed by atoms with Gasteiger partial charge in [0.05, 0.1) is 0 Å². The van der Waals surface area contributed by atoms with Gasteiger partial charge in [-0.15, -0.1) is 0 Å². The van der Waals surface area contributed by atoms with Crippen LogP contribution in [-0.4, -0.2) is 5.78 Å². The van der Waals surface area contributed by atoms with Crippen LogP contribution in [0.3, 0.4) is 0 Å². The van der Waals surface area contributed by atoms with Crippen LogP contribution in [0.25, 0.3) is 0 Å². The fourth-order valence-corrected chi connectivity index (χ4v) is 2.30. The molecule has 0 heterocycles. The van der Waals surface area contributed by atoms with Crippen molar-refractivity contribution in [2.45, 2.75) is 25.7 Å². The summed E-state index contributed by atoms with van der Waals surface area (Å²) in [6, 6.07) is 0. The number of carbonyl (C=O) groups is 1. The van der Waals surface area contributed by atoms with Gasteiger partial charge in [-0.3, -0.25) is 4.79 Å². The summed E-state index contributed by atoms with van der Waals surface area (Å²) in [6.07, 6.45) is 3.92. The molecule has 2 aliphatic rings. The fraction of sp³-hybridized carbons (Fsp3) is 0.667. The first-order valence-corrected chi connectivity index (χ1v) is 3.94. The van der Waals surface area contributed by atoms with E-state index in [0.717, 1.165) is 25.7 Å². The van der Waals surface area contributed by atoms with E-state index in [2.05, 4.69) is 6.58 Å². The van der Waals surface area contributed by atoms with Gasteiger partial charge in [0.1, 0.15) is 5.78 Å². The molecule has 2 rings (SSSR count). The summed E-state index contributed by atoms with van der Waals surface area (Å²) < 4.78 is 0. The van der Waals surface area contributed by atoms with Crippen LogP contribution >= 0.6 is 0 Å². The molecule has 0 aromatic rings. The minimum absolute atomic E-state index is 0.475. The van der Waals surface area contributed by atoms with Crippen LogP contribution in [0.5, 0.6) is 0 Å². The van der Waals surface area contributed by atoms with Gasteiger partial charge in [0.15, 0.2) is 0 Å². The second-order valence-electron chi connectivity index (χ2n) is 3.63. The Morgan fingerprint density at radius 1 is 1.10 bits per heavy atom. The molecule has 0 saturated heterocycles. The third-order valence-corrected chi connectivity index (χ3v) is 2.75. The second-order valence-corrected chi connectivity index (χ2v) is 3.63. The van der Waals surface area contributed by atoms with E-state index in [4.69, 9.17) is 0 Å². The number of ketones is 1. The van der Waals surface area contributed by atoms with E-state index < -0.39 is 0 Å². The number of carbonyl (C=O) groups excluding carboxylic acids is 1. The molecule has 1 heteroatoms. The summed E-state index contributed by atoms with van der Waals surface area (Å²) in [7, 11) is 0. The summed E-state index contributed by atoms with van der Waals surface area (Å²) in [5, 5.41) is 0. The molecule has 2 atom stereocenters. The third-order valence-electron chi connectivity index (χ3n) is 2.75. The van der Waals surface area contributed by atoms with Gasteiger partial charge in [0.25, 0.3) is 0 Å². The quantitative estimate of drug-likeness (QED) is 0.465. The molecule has 54 valence electrons. The highest BCUT2D eigenvalue weighted by atomic mass is 16.1. The number of allylic oxidation sites excluding steroid dienone is 1. The summed E-state index contributed by atoms with van der Waals surface area (Å²) in [4.78, 5) is 10.9. The fourth-order valence-electron chi connectivity index (χ4n) is 2.30. The number of fused-ring (bicyclic) bond motifs is 1. The zero-order valence-electron chi connectivity index (χ0n) is 6.10. The Bertz CT molecular complexity index is 155. The summed E-state index contributed by atoms with van der Waals surface area (Å²) in [5.41, 5.74) is 1.36. The van der Waals surface area contributed by atoms with E-state index in [1.165, 1.54) is 5.57 Å². The van der Waals surface area contributed by atoms with Gasteiger partial charge in [0.2, 0.25) is 0 Å². The molecule has 0 spiro atoms. The van der Waals surface area contributed by atoms with Crippen LogP contribution in [0.1, 0.15) is 25.7 Å². The standard InChI is InChI=1S/C9H12O/c1-6-2-7-4-9(10)5-8(7)3-6/h7-8H,1-5H2. The van der Waals surface area contributed by atoms with Crippen LogP contribution < -0.4 is 0 Å². The zero-order chi connectivity index (χ0) is 7.14. The predicted molar refractivity (Wildman–Crippen MR) is 39.6 cm³/mol. The van der Waals surface area contributed by atoms with Crippen molar-refractivity contribution in [3.05, 3.63) is 12.2 Å². The van der Waals surface area contributed by atoms with Crippen LogP contribution in [0.15, 0.2) is 12.2 Å². The average Bonchev–Trinajstić information content (AvgIpc) is 2.21. The molecule has 0 amide bonds. The van der Waals surface area contributed by atoms with Crippen LogP contribution in [0.4, 0.5) is 0 Å². The lowest BCUT2D eigenvalue weighted by atomic mass is 10.0. The molecule has 10 heavy (non-hydrogen) atoms. The van der Waals surface area contributed by atoms with Crippen LogP contribution in [0.2, 0.25) is 0 Å². The molecule has 2 fully saturated rings. The highest BCUT2D eigenvalue weighted by Gasteiger charge is 2.37. The highest BCUT2D eigenvalue weighted by molar-refractivity contribution is 5.81. The van der Waals surface area contributed by atoms with Gasteiger partial charge >= 0.3 is 0 Å². The molecule has 2 saturated carbocycles. The van der Waals surface area contributed by atoms with Crippen molar-refractivity contribution >= 4 is 5.78 Å².